The van der Waals surface area contributed by atoms with Gasteiger partial charge in [-0.1, -0.05) is 39.0 Å². The van der Waals surface area contributed by atoms with Gasteiger partial charge in [-0.3, -0.25) is 4.79 Å². The third-order valence-electron chi connectivity index (χ3n) is 4.19. The van der Waals surface area contributed by atoms with Crippen molar-refractivity contribution in [3.8, 4) is 0 Å². The SMILES string of the molecule is CC1(C)C[C@H](N)C[C@](C)(CNC(=O)c2ccccc2)C1. The number of carbonyl (C=O) groups excluding carboxylic acids is 1. The fraction of sp³-hybridized carbons (Fsp3) is 0.588. The molecule has 3 N–H and O–H groups in total. The van der Waals surface area contributed by atoms with Gasteiger partial charge in [-0.2, -0.15) is 0 Å². The van der Waals surface area contributed by atoms with E-state index in [1.807, 2.05) is 30.3 Å². The van der Waals surface area contributed by atoms with E-state index in [-0.39, 0.29) is 22.8 Å². The van der Waals surface area contributed by atoms with Crippen molar-refractivity contribution in [1.29, 1.82) is 0 Å². The Hall–Kier alpha value is -1.35. The second-order valence-electron chi connectivity index (χ2n) is 7.37. The summed E-state index contributed by atoms with van der Waals surface area (Å²) in [7, 11) is 0. The van der Waals surface area contributed by atoms with E-state index in [4.69, 9.17) is 5.73 Å². The molecule has 1 aromatic rings. The fourth-order valence-electron chi connectivity index (χ4n) is 3.83. The van der Waals surface area contributed by atoms with Crippen LogP contribution in [0.25, 0.3) is 0 Å². The average Bonchev–Trinajstić information content (AvgIpc) is 2.34. The first-order valence-electron chi connectivity index (χ1n) is 7.39. The van der Waals surface area contributed by atoms with Crippen molar-refractivity contribution < 1.29 is 4.79 Å². The topological polar surface area (TPSA) is 55.1 Å². The van der Waals surface area contributed by atoms with E-state index < -0.39 is 0 Å². The van der Waals surface area contributed by atoms with E-state index in [0.29, 0.717) is 6.54 Å². The molecule has 0 bridgehead atoms. The van der Waals surface area contributed by atoms with Gasteiger partial charge < -0.3 is 11.1 Å². The lowest BCUT2D eigenvalue weighted by Gasteiger charge is -2.45. The van der Waals surface area contributed by atoms with E-state index in [0.717, 1.165) is 24.8 Å². The molecule has 0 heterocycles. The molecule has 1 aliphatic rings. The van der Waals surface area contributed by atoms with Crippen LogP contribution < -0.4 is 11.1 Å². The van der Waals surface area contributed by atoms with Crippen LogP contribution in [0.15, 0.2) is 30.3 Å². The van der Waals surface area contributed by atoms with Crippen LogP contribution in [-0.4, -0.2) is 18.5 Å². The lowest BCUT2D eigenvalue weighted by molar-refractivity contribution is 0.0729. The van der Waals surface area contributed by atoms with Crippen LogP contribution in [0.1, 0.15) is 50.4 Å². The molecule has 0 unspecified atom stereocenters. The second kappa shape index (κ2) is 5.57. The van der Waals surface area contributed by atoms with Gasteiger partial charge in [-0.15, -0.1) is 0 Å². The minimum absolute atomic E-state index is 0.00350. The predicted molar refractivity (Wildman–Crippen MR) is 82.5 cm³/mol. The summed E-state index contributed by atoms with van der Waals surface area (Å²) in [5.74, 6) is 0.00350. The highest BCUT2D eigenvalue weighted by atomic mass is 16.1. The Morgan fingerprint density at radius 3 is 2.50 bits per heavy atom. The monoisotopic (exact) mass is 274 g/mol. The van der Waals surface area contributed by atoms with E-state index in [9.17, 15) is 4.79 Å². The highest BCUT2D eigenvalue weighted by Gasteiger charge is 2.40. The number of nitrogens with two attached hydrogens (primary N) is 1. The maximum Gasteiger partial charge on any atom is 0.251 e. The third kappa shape index (κ3) is 3.83. The zero-order valence-corrected chi connectivity index (χ0v) is 12.8. The number of nitrogens with one attached hydrogen (secondary N) is 1. The molecule has 0 spiro atoms. The molecule has 1 aromatic carbocycles. The molecule has 1 saturated carbocycles. The maximum atomic E-state index is 12.1. The number of carbonyl (C=O) groups is 1. The van der Waals surface area contributed by atoms with Gasteiger partial charge in [0.25, 0.3) is 5.91 Å². The minimum Gasteiger partial charge on any atom is -0.351 e. The summed E-state index contributed by atoms with van der Waals surface area (Å²) in [5.41, 5.74) is 7.25. The lowest BCUT2D eigenvalue weighted by atomic mass is 9.63. The van der Waals surface area contributed by atoms with Crippen molar-refractivity contribution in [2.75, 3.05) is 6.54 Å². The van der Waals surface area contributed by atoms with Crippen molar-refractivity contribution in [1.82, 2.24) is 5.32 Å². The number of hydrogen-bond acceptors (Lipinski definition) is 2. The average molecular weight is 274 g/mol. The summed E-state index contributed by atoms with van der Waals surface area (Å²) in [6, 6.07) is 9.60. The van der Waals surface area contributed by atoms with Crippen molar-refractivity contribution in [2.45, 2.75) is 46.1 Å². The van der Waals surface area contributed by atoms with Gasteiger partial charge in [0.15, 0.2) is 0 Å². The summed E-state index contributed by atoms with van der Waals surface area (Å²) in [4.78, 5) is 12.1. The Balaban J connectivity index is 1.97. The number of hydrogen-bond donors (Lipinski definition) is 2. The van der Waals surface area contributed by atoms with Crippen LogP contribution >= 0.6 is 0 Å². The number of benzene rings is 1. The van der Waals surface area contributed by atoms with E-state index in [2.05, 4.69) is 26.1 Å². The van der Waals surface area contributed by atoms with Gasteiger partial charge >= 0.3 is 0 Å². The molecule has 0 radical (unpaired) electrons. The summed E-state index contributed by atoms with van der Waals surface area (Å²) < 4.78 is 0. The molecule has 1 fully saturated rings. The standard InChI is InChI=1S/C17H26N2O/c1-16(2)9-14(18)10-17(3,11-16)12-19-15(20)13-7-5-4-6-8-13/h4-8,14H,9-12,18H2,1-3H3,(H,19,20)/t14-,17-/m0/s1. The highest BCUT2D eigenvalue weighted by molar-refractivity contribution is 5.94. The molecule has 2 atom stereocenters. The Labute approximate surface area is 121 Å². The first-order chi connectivity index (χ1) is 9.30. The largest absolute Gasteiger partial charge is 0.351 e. The lowest BCUT2D eigenvalue weighted by Crippen LogP contribution is -2.47. The predicted octanol–water partition coefficient (Wildman–Crippen LogP) is 2.96. The molecule has 0 aromatic heterocycles. The van der Waals surface area contributed by atoms with Gasteiger partial charge in [0, 0.05) is 18.2 Å². The van der Waals surface area contributed by atoms with Gasteiger partial charge in [0.1, 0.15) is 0 Å². The number of rotatable bonds is 3. The minimum atomic E-state index is 0.00350. The van der Waals surface area contributed by atoms with Crippen LogP contribution in [-0.2, 0) is 0 Å². The Kier molecular flexibility index (Phi) is 4.19. The first kappa shape index (κ1) is 15.0. The van der Waals surface area contributed by atoms with Crippen molar-refractivity contribution in [2.24, 2.45) is 16.6 Å². The zero-order valence-electron chi connectivity index (χ0n) is 12.8. The first-order valence-corrected chi connectivity index (χ1v) is 7.39. The van der Waals surface area contributed by atoms with E-state index in [1.165, 1.54) is 0 Å². The van der Waals surface area contributed by atoms with E-state index >= 15 is 0 Å². The normalized spacial score (nSPS) is 28.9. The molecule has 110 valence electrons. The maximum absolute atomic E-state index is 12.1. The molecular formula is C17H26N2O. The molecule has 2 rings (SSSR count). The zero-order chi connectivity index (χ0) is 14.8. The molecule has 20 heavy (non-hydrogen) atoms. The Morgan fingerprint density at radius 1 is 1.25 bits per heavy atom. The molecule has 0 saturated heterocycles. The Bertz CT molecular complexity index is 469. The van der Waals surface area contributed by atoms with Crippen molar-refractivity contribution in [3.05, 3.63) is 35.9 Å². The van der Waals surface area contributed by atoms with Gasteiger partial charge in [-0.05, 0) is 42.2 Å². The van der Waals surface area contributed by atoms with Gasteiger partial charge in [0.05, 0.1) is 0 Å². The second-order valence-corrected chi connectivity index (χ2v) is 7.37. The van der Waals surface area contributed by atoms with Crippen LogP contribution in [0.3, 0.4) is 0 Å². The van der Waals surface area contributed by atoms with Crippen LogP contribution in [0.2, 0.25) is 0 Å². The number of amides is 1. The third-order valence-corrected chi connectivity index (χ3v) is 4.19. The summed E-state index contributed by atoms with van der Waals surface area (Å²) >= 11 is 0. The van der Waals surface area contributed by atoms with Gasteiger partial charge in [0.2, 0.25) is 0 Å². The molecule has 1 aliphatic carbocycles. The molecular weight excluding hydrogens is 248 g/mol. The van der Waals surface area contributed by atoms with Gasteiger partial charge in [-0.25, -0.2) is 0 Å². The van der Waals surface area contributed by atoms with Crippen LogP contribution in [0.5, 0.6) is 0 Å². The molecule has 3 heteroatoms. The summed E-state index contributed by atoms with van der Waals surface area (Å²) in [5, 5.41) is 3.07. The Morgan fingerprint density at radius 2 is 1.90 bits per heavy atom. The smallest absolute Gasteiger partial charge is 0.251 e. The fourth-order valence-corrected chi connectivity index (χ4v) is 3.83. The molecule has 1 amide bonds. The summed E-state index contributed by atoms with van der Waals surface area (Å²) in [6.07, 6.45) is 3.14. The molecule has 0 aliphatic heterocycles. The van der Waals surface area contributed by atoms with Crippen molar-refractivity contribution >= 4 is 5.91 Å². The van der Waals surface area contributed by atoms with Crippen LogP contribution in [0, 0.1) is 10.8 Å². The molecule has 3 nitrogen and oxygen atoms in total. The highest BCUT2D eigenvalue weighted by Crippen LogP contribution is 2.45. The van der Waals surface area contributed by atoms with Crippen LogP contribution in [0.4, 0.5) is 0 Å². The summed E-state index contributed by atoms with van der Waals surface area (Å²) in [6.45, 7) is 7.46. The quantitative estimate of drug-likeness (QED) is 0.890. The van der Waals surface area contributed by atoms with Crippen molar-refractivity contribution in [3.63, 3.8) is 0 Å². The van der Waals surface area contributed by atoms with E-state index in [1.54, 1.807) is 0 Å².